The van der Waals surface area contributed by atoms with Gasteiger partial charge in [-0.15, -0.1) is 0 Å². The summed E-state index contributed by atoms with van der Waals surface area (Å²) in [5, 5.41) is 11.4. The maximum atomic E-state index is 12.4. The van der Waals surface area contributed by atoms with E-state index in [0.717, 1.165) is 24.8 Å². The van der Waals surface area contributed by atoms with E-state index in [2.05, 4.69) is 5.32 Å². The van der Waals surface area contributed by atoms with Gasteiger partial charge in [-0.3, -0.25) is 9.59 Å². The number of rotatable bonds is 6. The third kappa shape index (κ3) is 5.57. The summed E-state index contributed by atoms with van der Waals surface area (Å²) in [5.41, 5.74) is 0.810. The second-order valence-corrected chi connectivity index (χ2v) is 5.74. The van der Waals surface area contributed by atoms with Gasteiger partial charge >= 0.3 is 12.1 Å². The van der Waals surface area contributed by atoms with Gasteiger partial charge in [0.1, 0.15) is 12.6 Å². The Hall–Kier alpha value is -2.57. The number of carboxylic acids is 1. The highest BCUT2D eigenvalue weighted by molar-refractivity contribution is 5.89. The molecule has 0 saturated carbocycles. The average Bonchev–Trinajstić information content (AvgIpc) is 2.60. The van der Waals surface area contributed by atoms with Crippen molar-refractivity contribution in [2.45, 2.75) is 38.3 Å². The summed E-state index contributed by atoms with van der Waals surface area (Å²) in [6.07, 6.45) is 1.58. The van der Waals surface area contributed by atoms with E-state index in [1.165, 1.54) is 0 Å². The van der Waals surface area contributed by atoms with Crippen LogP contribution in [-0.2, 0) is 20.9 Å². The molecule has 130 valence electrons. The van der Waals surface area contributed by atoms with Gasteiger partial charge in [-0.1, -0.05) is 30.3 Å². The zero-order valence-electron chi connectivity index (χ0n) is 13.4. The van der Waals surface area contributed by atoms with Gasteiger partial charge in [-0.2, -0.15) is 0 Å². The molecular weight excluding hydrogens is 312 g/mol. The second-order valence-electron chi connectivity index (χ2n) is 5.74. The zero-order chi connectivity index (χ0) is 17.4. The number of carbonyl (C=O) groups is 3. The molecule has 7 nitrogen and oxygen atoms in total. The number of amides is 2. The third-order valence-corrected chi connectivity index (χ3v) is 3.85. The number of piperidine rings is 1. The first-order chi connectivity index (χ1) is 11.6. The van der Waals surface area contributed by atoms with Crippen molar-refractivity contribution >= 4 is 18.0 Å². The summed E-state index contributed by atoms with van der Waals surface area (Å²) in [7, 11) is 0. The van der Waals surface area contributed by atoms with Gasteiger partial charge in [0.05, 0.1) is 6.42 Å². The number of benzene rings is 1. The van der Waals surface area contributed by atoms with Crippen LogP contribution in [0.15, 0.2) is 30.3 Å². The summed E-state index contributed by atoms with van der Waals surface area (Å²) in [5.74, 6) is -1.51. The predicted octanol–water partition coefficient (Wildman–Crippen LogP) is 1.77. The molecule has 1 saturated heterocycles. The number of carboxylic acid groups (broad SMARTS) is 1. The molecule has 24 heavy (non-hydrogen) atoms. The molecule has 1 aliphatic rings. The van der Waals surface area contributed by atoms with Gasteiger partial charge in [-0.05, 0) is 24.8 Å². The highest BCUT2D eigenvalue weighted by atomic mass is 16.5. The Labute approximate surface area is 140 Å². The fourth-order valence-corrected chi connectivity index (χ4v) is 2.62. The van der Waals surface area contributed by atoms with Gasteiger partial charge in [-0.25, -0.2) is 4.79 Å². The minimum absolute atomic E-state index is 0.0599. The number of aliphatic carboxylic acids is 1. The fourth-order valence-electron chi connectivity index (χ4n) is 2.62. The van der Waals surface area contributed by atoms with Crippen molar-refractivity contribution in [3.8, 4) is 0 Å². The Kier molecular flexibility index (Phi) is 6.60. The number of carbonyl (C=O) groups excluding carboxylic acids is 2. The van der Waals surface area contributed by atoms with Crippen LogP contribution < -0.4 is 5.32 Å². The molecule has 1 aliphatic heterocycles. The summed E-state index contributed by atoms with van der Waals surface area (Å²) in [6, 6.07) is 8.00. The fraction of sp³-hybridized carbons (Fsp3) is 0.471. The molecular formula is C17H22N2O5. The van der Waals surface area contributed by atoms with E-state index >= 15 is 0 Å². The van der Waals surface area contributed by atoms with Gasteiger partial charge in [0.2, 0.25) is 5.91 Å². The number of hydrogen-bond donors (Lipinski definition) is 2. The lowest BCUT2D eigenvalue weighted by molar-refractivity contribution is -0.142. The van der Waals surface area contributed by atoms with Crippen LogP contribution in [0.4, 0.5) is 4.79 Å². The highest BCUT2D eigenvalue weighted by Crippen LogP contribution is 2.11. The number of nitrogens with one attached hydrogen (secondary N) is 1. The first kappa shape index (κ1) is 17.8. The van der Waals surface area contributed by atoms with E-state index in [0.29, 0.717) is 13.1 Å². The van der Waals surface area contributed by atoms with Crippen LogP contribution in [0.1, 0.15) is 31.2 Å². The largest absolute Gasteiger partial charge is 0.481 e. The van der Waals surface area contributed by atoms with Gasteiger partial charge in [0.25, 0.3) is 0 Å². The van der Waals surface area contributed by atoms with E-state index in [4.69, 9.17) is 9.84 Å². The molecule has 0 aliphatic carbocycles. The van der Waals surface area contributed by atoms with Crippen LogP contribution in [-0.4, -0.2) is 47.1 Å². The van der Waals surface area contributed by atoms with Crippen LogP contribution >= 0.6 is 0 Å². The Bertz CT molecular complexity index is 570. The summed E-state index contributed by atoms with van der Waals surface area (Å²) in [6.45, 7) is 1.25. The predicted molar refractivity (Wildman–Crippen MR) is 86.2 cm³/mol. The molecule has 0 bridgehead atoms. The lowest BCUT2D eigenvalue weighted by Crippen LogP contribution is -2.50. The number of nitrogens with zero attached hydrogens (tertiary/aromatic N) is 1. The minimum atomic E-state index is -1.14. The molecule has 2 amide bonds. The molecule has 7 heteroatoms. The first-order valence-electron chi connectivity index (χ1n) is 8.04. The molecule has 0 aromatic heterocycles. The van der Waals surface area contributed by atoms with Crippen molar-refractivity contribution in [3.63, 3.8) is 0 Å². The zero-order valence-corrected chi connectivity index (χ0v) is 13.4. The lowest BCUT2D eigenvalue weighted by atomic mass is 10.1. The van der Waals surface area contributed by atoms with Crippen molar-refractivity contribution in [1.29, 1.82) is 0 Å². The van der Waals surface area contributed by atoms with Crippen molar-refractivity contribution in [2.24, 2.45) is 0 Å². The van der Waals surface area contributed by atoms with Gasteiger partial charge in [0.15, 0.2) is 0 Å². The van der Waals surface area contributed by atoms with Crippen molar-refractivity contribution < 1.29 is 24.2 Å². The quantitative estimate of drug-likeness (QED) is 0.826. The molecule has 1 atom stereocenters. The van der Waals surface area contributed by atoms with Gasteiger partial charge < -0.3 is 20.1 Å². The van der Waals surface area contributed by atoms with Gasteiger partial charge in [0, 0.05) is 13.1 Å². The van der Waals surface area contributed by atoms with E-state index in [1.807, 2.05) is 18.2 Å². The SMILES string of the molecule is O=C(O)CC(NC(=O)OCc1ccccc1)C(=O)N1CCCCC1. The van der Waals surface area contributed by atoms with Crippen molar-refractivity contribution in [1.82, 2.24) is 10.2 Å². The second kappa shape index (κ2) is 8.90. The van der Waals surface area contributed by atoms with E-state index in [1.54, 1.807) is 17.0 Å². The van der Waals surface area contributed by atoms with E-state index < -0.39 is 24.5 Å². The maximum Gasteiger partial charge on any atom is 0.408 e. The molecule has 0 radical (unpaired) electrons. The van der Waals surface area contributed by atoms with Crippen molar-refractivity contribution in [3.05, 3.63) is 35.9 Å². The monoisotopic (exact) mass is 334 g/mol. The smallest absolute Gasteiger partial charge is 0.408 e. The molecule has 1 aromatic rings. The molecule has 1 aromatic carbocycles. The highest BCUT2D eigenvalue weighted by Gasteiger charge is 2.29. The number of likely N-dealkylation sites (tertiary alicyclic amines) is 1. The summed E-state index contributed by atoms with van der Waals surface area (Å²) >= 11 is 0. The third-order valence-electron chi connectivity index (χ3n) is 3.85. The Morgan fingerprint density at radius 1 is 1.12 bits per heavy atom. The van der Waals surface area contributed by atoms with Crippen LogP contribution in [0.25, 0.3) is 0 Å². The van der Waals surface area contributed by atoms with Crippen LogP contribution in [0.3, 0.4) is 0 Å². The standard InChI is InChI=1S/C17H22N2O5/c20-15(21)11-14(16(22)19-9-5-2-6-10-19)18-17(23)24-12-13-7-3-1-4-8-13/h1,3-4,7-8,14H,2,5-6,9-12H2,(H,18,23)(H,20,21). The normalized spacial score (nSPS) is 15.4. The number of hydrogen-bond acceptors (Lipinski definition) is 4. The van der Waals surface area contributed by atoms with Crippen molar-refractivity contribution in [2.75, 3.05) is 13.1 Å². The minimum Gasteiger partial charge on any atom is -0.481 e. The van der Waals surface area contributed by atoms with Crippen LogP contribution in [0.2, 0.25) is 0 Å². The summed E-state index contributed by atoms with van der Waals surface area (Å²) < 4.78 is 5.06. The molecule has 2 N–H and O–H groups in total. The molecule has 1 fully saturated rings. The number of alkyl carbamates (subject to hydrolysis) is 1. The number of ether oxygens (including phenoxy) is 1. The Balaban J connectivity index is 1.90. The molecule has 1 unspecified atom stereocenters. The Morgan fingerprint density at radius 2 is 1.79 bits per heavy atom. The lowest BCUT2D eigenvalue weighted by Gasteiger charge is -2.30. The molecule has 1 heterocycles. The molecule has 2 rings (SSSR count). The van der Waals surface area contributed by atoms with E-state index in [9.17, 15) is 14.4 Å². The topological polar surface area (TPSA) is 95.9 Å². The molecule has 0 spiro atoms. The van der Waals surface area contributed by atoms with E-state index in [-0.39, 0.29) is 12.5 Å². The average molecular weight is 334 g/mol. The van der Waals surface area contributed by atoms with Crippen LogP contribution in [0.5, 0.6) is 0 Å². The van der Waals surface area contributed by atoms with Crippen LogP contribution in [0, 0.1) is 0 Å². The Morgan fingerprint density at radius 3 is 2.42 bits per heavy atom. The summed E-state index contributed by atoms with van der Waals surface area (Å²) in [4.78, 5) is 36.9. The first-order valence-corrected chi connectivity index (χ1v) is 8.04. The maximum absolute atomic E-state index is 12.4.